The van der Waals surface area contributed by atoms with Crippen molar-refractivity contribution in [1.29, 1.82) is 0 Å². The van der Waals surface area contributed by atoms with Crippen LogP contribution in [0.25, 0.3) is 0 Å². The average molecular weight is 342 g/mol. The smallest absolute Gasteiger partial charge is 0.365 e. The third-order valence-corrected chi connectivity index (χ3v) is 3.18. The van der Waals surface area contributed by atoms with Crippen molar-refractivity contribution in [3.8, 4) is 0 Å². The molecule has 1 rings (SSSR count). The monoisotopic (exact) mass is 341 g/mol. The Labute approximate surface area is 139 Å². The van der Waals surface area contributed by atoms with Crippen LogP contribution in [0.15, 0.2) is 11.8 Å². The van der Waals surface area contributed by atoms with Gasteiger partial charge in [0.05, 0.1) is 0 Å². The zero-order valence-electron chi connectivity index (χ0n) is 13.3. The molecule has 9 heteroatoms. The average Bonchev–Trinajstić information content (AvgIpc) is 2.47. The summed E-state index contributed by atoms with van der Waals surface area (Å²) in [5.41, 5.74) is 10.7. The first-order valence-electron chi connectivity index (χ1n) is 7.00. The van der Waals surface area contributed by atoms with Crippen LogP contribution in [0.5, 0.6) is 0 Å². The standard InChI is InChI=1S/C14H20ClN5O3/c1-4-5-6-20(3)9(21)7-8(2)23-14(22)10-12(16)19-13(17)11(15)18-10/h7H,4-6H2,1-3H3,(H4,16,17,19). The summed E-state index contributed by atoms with van der Waals surface area (Å²) in [4.78, 5) is 32.9. The van der Waals surface area contributed by atoms with Crippen LogP contribution in [0.3, 0.4) is 0 Å². The van der Waals surface area contributed by atoms with Crippen LogP contribution < -0.4 is 11.5 Å². The van der Waals surface area contributed by atoms with Gasteiger partial charge in [-0.15, -0.1) is 0 Å². The van der Waals surface area contributed by atoms with E-state index in [-0.39, 0.29) is 34.1 Å². The van der Waals surface area contributed by atoms with E-state index in [1.807, 2.05) is 6.92 Å². The molecule has 23 heavy (non-hydrogen) atoms. The number of likely N-dealkylation sites (N-methyl/N-ethyl adjacent to an activating group) is 1. The molecule has 1 amide bonds. The van der Waals surface area contributed by atoms with E-state index in [4.69, 9.17) is 27.8 Å². The molecule has 0 unspecified atom stereocenters. The summed E-state index contributed by atoms with van der Waals surface area (Å²) in [5, 5.41) is -0.150. The fourth-order valence-corrected chi connectivity index (χ4v) is 1.73. The van der Waals surface area contributed by atoms with Gasteiger partial charge in [-0.3, -0.25) is 4.79 Å². The van der Waals surface area contributed by atoms with Gasteiger partial charge in [0.2, 0.25) is 5.91 Å². The van der Waals surface area contributed by atoms with Crippen molar-refractivity contribution < 1.29 is 14.3 Å². The Kier molecular flexibility index (Phi) is 6.77. The predicted octanol–water partition coefficient (Wildman–Crippen LogP) is 1.61. The number of esters is 1. The highest BCUT2D eigenvalue weighted by molar-refractivity contribution is 6.31. The largest absolute Gasteiger partial charge is 0.426 e. The van der Waals surface area contributed by atoms with Crippen molar-refractivity contribution in [3.05, 3.63) is 22.7 Å². The molecule has 0 saturated carbocycles. The molecule has 0 aromatic carbocycles. The summed E-state index contributed by atoms with van der Waals surface area (Å²) >= 11 is 5.70. The number of rotatable bonds is 6. The van der Waals surface area contributed by atoms with E-state index >= 15 is 0 Å². The van der Waals surface area contributed by atoms with E-state index in [0.29, 0.717) is 6.54 Å². The summed E-state index contributed by atoms with van der Waals surface area (Å²) in [6, 6.07) is 0. The molecule has 0 saturated heterocycles. The minimum Gasteiger partial charge on any atom is -0.426 e. The number of halogens is 1. The number of nitrogens with zero attached hydrogens (tertiary/aromatic N) is 3. The minimum absolute atomic E-state index is 0.0827. The van der Waals surface area contributed by atoms with Gasteiger partial charge in [-0.2, -0.15) is 0 Å². The molecule has 0 spiro atoms. The van der Waals surface area contributed by atoms with Gasteiger partial charge in [0.15, 0.2) is 22.5 Å². The number of anilines is 2. The lowest BCUT2D eigenvalue weighted by molar-refractivity contribution is -0.125. The number of carbonyl (C=O) groups excluding carboxylic acids is 2. The highest BCUT2D eigenvalue weighted by Gasteiger charge is 2.18. The quantitative estimate of drug-likeness (QED) is 0.457. The molecule has 8 nitrogen and oxygen atoms in total. The maximum absolute atomic E-state index is 12.0. The second kappa shape index (κ2) is 8.33. The number of ether oxygens (including phenoxy) is 1. The van der Waals surface area contributed by atoms with Crippen LogP contribution >= 0.6 is 11.6 Å². The Morgan fingerprint density at radius 2 is 1.96 bits per heavy atom. The number of allylic oxidation sites excluding steroid dienone is 1. The summed E-state index contributed by atoms with van der Waals surface area (Å²) in [6.45, 7) is 4.13. The molecule has 0 aliphatic rings. The van der Waals surface area contributed by atoms with E-state index in [1.54, 1.807) is 7.05 Å². The molecule has 0 fully saturated rings. The molecule has 0 aliphatic carbocycles. The van der Waals surface area contributed by atoms with E-state index < -0.39 is 5.97 Å². The van der Waals surface area contributed by atoms with Crippen molar-refractivity contribution in [2.45, 2.75) is 26.7 Å². The third kappa shape index (κ3) is 5.41. The lowest BCUT2D eigenvalue weighted by atomic mass is 10.3. The maximum atomic E-state index is 12.0. The summed E-state index contributed by atoms with van der Waals surface area (Å²) in [6.07, 6.45) is 3.09. The highest BCUT2D eigenvalue weighted by atomic mass is 35.5. The Bertz CT molecular complexity index is 633. The molecule has 1 aromatic rings. The number of aromatic nitrogens is 2. The van der Waals surface area contributed by atoms with E-state index in [9.17, 15) is 9.59 Å². The minimum atomic E-state index is -0.866. The molecule has 0 atom stereocenters. The predicted molar refractivity (Wildman–Crippen MR) is 87.6 cm³/mol. The molecule has 126 valence electrons. The summed E-state index contributed by atoms with van der Waals surface area (Å²) in [7, 11) is 1.67. The van der Waals surface area contributed by atoms with Gasteiger partial charge < -0.3 is 21.1 Å². The summed E-state index contributed by atoms with van der Waals surface area (Å²) in [5.74, 6) is -1.30. The Morgan fingerprint density at radius 3 is 2.57 bits per heavy atom. The molecule has 1 heterocycles. The lowest BCUT2D eigenvalue weighted by Gasteiger charge is -2.14. The highest BCUT2D eigenvalue weighted by Crippen LogP contribution is 2.18. The molecule has 4 N–H and O–H groups in total. The number of nitrogens with two attached hydrogens (primary N) is 2. The van der Waals surface area contributed by atoms with Gasteiger partial charge in [0, 0.05) is 19.7 Å². The van der Waals surface area contributed by atoms with Gasteiger partial charge in [-0.25, -0.2) is 14.8 Å². The topological polar surface area (TPSA) is 124 Å². The SMILES string of the molecule is CCCCN(C)C(=O)C=C(C)OC(=O)c1nc(Cl)c(N)nc1N. The number of unbranched alkanes of at least 4 members (excludes halogenated alkanes) is 1. The molecule has 0 aliphatic heterocycles. The molecule has 1 aromatic heterocycles. The van der Waals surface area contributed by atoms with E-state index in [2.05, 4.69) is 9.97 Å². The van der Waals surface area contributed by atoms with Gasteiger partial charge >= 0.3 is 5.97 Å². The van der Waals surface area contributed by atoms with Crippen LogP contribution in [0, 0.1) is 0 Å². The van der Waals surface area contributed by atoms with Crippen molar-refractivity contribution >= 4 is 35.1 Å². The normalized spacial score (nSPS) is 11.2. The first kappa shape index (κ1) is 18.7. The fourth-order valence-electron chi connectivity index (χ4n) is 1.61. The van der Waals surface area contributed by atoms with Crippen molar-refractivity contribution in [1.82, 2.24) is 14.9 Å². The first-order valence-corrected chi connectivity index (χ1v) is 7.38. The number of carbonyl (C=O) groups is 2. The zero-order valence-corrected chi connectivity index (χ0v) is 14.1. The van der Waals surface area contributed by atoms with Crippen LogP contribution in [0.2, 0.25) is 5.15 Å². The van der Waals surface area contributed by atoms with Crippen molar-refractivity contribution in [3.63, 3.8) is 0 Å². The fraction of sp³-hybridized carbons (Fsp3) is 0.429. The Morgan fingerprint density at radius 1 is 1.30 bits per heavy atom. The van der Waals surface area contributed by atoms with Crippen molar-refractivity contribution in [2.75, 3.05) is 25.1 Å². The second-order valence-corrected chi connectivity index (χ2v) is 5.25. The Balaban J connectivity index is 2.78. The second-order valence-electron chi connectivity index (χ2n) is 4.89. The van der Waals surface area contributed by atoms with Gasteiger partial charge in [-0.1, -0.05) is 24.9 Å². The number of nitrogen functional groups attached to an aromatic ring is 2. The van der Waals surface area contributed by atoms with Crippen LogP contribution in [0.4, 0.5) is 11.6 Å². The van der Waals surface area contributed by atoms with Crippen molar-refractivity contribution in [2.24, 2.45) is 0 Å². The lowest BCUT2D eigenvalue weighted by Crippen LogP contribution is -2.26. The van der Waals surface area contributed by atoms with Gasteiger partial charge in [0.1, 0.15) is 5.76 Å². The van der Waals surface area contributed by atoms with Gasteiger partial charge in [-0.05, 0) is 13.3 Å². The van der Waals surface area contributed by atoms with Gasteiger partial charge in [0.25, 0.3) is 0 Å². The number of hydrogen-bond acceptors (Lipinski definition) is 7. The number of amides is 1. The first-order chi connectivity index (χ1) is 10.8. The molecule has 0 radical (unpaired) electrons. The molecule has 0 bridgehead atoms. The number of hydrogen-bond donors (Lipinski definition) is 2. The van der Waals surface area contributed by atoms with Crippen LogP contribution in [-0.4, -0.2) is 40.3 Å². The van der Waals surface area contributed by atoms with E-state index in [0.717, 1.165) is 12.8 Å². The third-order valence-electron chi connectivity index (χ3n) is 2.90. The van der Waals surface area contributed by atoms with Crippen LogP contribution in [-0.2, 0) is 9.53 Å². The van der Waals surface area contributed by atoms with Crippen LogP contribution in [0.1, 0.15) is 37.2 Å². The maximum Gasteiger partial charge on any atom is 0.365 e. The summed E-state index contributed by atoms with van der Waals surface area (Å²) < 4.78 is 5.03. The molecular weight excluding hydrogens is 322 g/mol. The zero-order chi connectivity index (χ0) is 17.6. The van der Waals surface area contributed by atoms with E-state index in [1.165, 1.54) is 17.9 Å². The molecular formula is C14H20ClN5O3. The Hall–Kier alpha value is -2.35.